The number of aryl methyl sites for hydroxylation is 1. The highest BCUT2D eigenvalue weighted by atomic mass is 35.5. The minimum Gasteiger partial charge on any atom is -0.467 e. The summed E-state index contributed by atoms with van der Waals surface area (Å²) in [5, 5.41) is 3.34. The molecular formula is C29H28Cl2N4O5. The summed E-state index contributed by atoms with van der Waals surface area (Å²) in [7, 11) is 6.74. The second-order valence-corrected chi connectivity index (χ2v) is 10.4. The Balaban J connectivity index is 1.63. The van der Waals surface area contributed by atoms with Crippen LogP contribution in [0.15, 0.2) is 70.3 Å². The minimum atomic E-state index is -1.04. The Morgan fingerprint density at radius 1 is 0.975 bits per heavy atom. The van der Waals surface area contributed by atoms with Crippen molar-refractivity contribution in [3.8, 4) is 5.69 Å². The number of fused-ring (bicyclic) bond motifs is 1. The predicted octanol–water partition coefficient (Wildman–Crippen LogP) is 3.57. The SMILES string of the molecule is COC(=O)[C@H](Cc1ccc(-n2c(=O)c3ccc(CN(C)C)cc3n(C)c2=O)cc1)NC(=O)c1c(Cl)cccc1Cl. The van der Waals surface area contributed by atoms with E-state index in [0.717, 1.165) is 10.1 Å². The third-order valence-corrected chi connectivity index (χ3v) is 7.08. The first kappa shape index (κ1) is 29.1. The Kier molecular flexibility index (Phi) is 8.78. The van der Waals surface area contributed by atoms with Crippen LogP contribution in [0.25, 0.3) is 16.6 Å². The molecule has 1 atom stereocenters. The number of benzene rings is 3. The van der Waals surface area contributed by atoms with Crippen LogP contribution >= 0.6 is 23.2 Å². The molecule has 0 unspecified atom stereocenters. The van der Waals surface area contributed by atoms with E-state index in [9.17, 15) is 19.2 Å². The first-order chi connectivity index (χ1) is 19.0. The second kappa shape index (κ2) is 12.1. The van der Waals surface area contributed by atoms with E-state index < -0.39 is 29.2 Å². The number of hydrogen-bond donors (Lipinski definition) is 1. The molecule has 4 aromatic rings. The van der Waals surface area contributed by atoms with Gasteiger partial charge in [0.05, 0.1) is 39.3 Å². The molecule has 11 heteroatoms. The average molecular weight is 583 g/mol. The van der Waals surface area contributed by atoms with Crippen LogP contribution < -0.4 is 16.6 Å². The molecule has 0 aliphatic carbocycles. The van der Waals surface area contributed by atoms with Gasteiger partial charge in [-0.1, -0.05) is 47.5 Å². The van der Waals surface area contributed by atoms with Crippen LogP contribution in [-0.2, 0) is 29.5 Å². The van der Waals surface area contributed by atoms with Crippen molar-refractivity contribution in [2.24, 2.45) is 7.05 Å². The molecule has 0 saturated carbocycles. The molecule has 1 amide bonds. The lowest BCUT2D eigenvalue weighted by Gasteiger charge is -2.18. The molecule has 208 valence electrons. The number of carbonyl (C=O) groups is 2. The number of ether oxygens (including phenoxy) is 1. The van der Waals surface area contributed by atoms with E-state index >= 15 is 0 Å². The van der Waals surface area contributed by atoms with Gasteiger partial charge in [-0.25, -0.2) is 14.2 Å². The largest absolute Gasteiger partial charge is 0.467 e. The number of nitrogens with one attached hydrogen (secondary N) is 1. The van der Waals surface area contributed by atoms with Crippen LogP contribution in [0.3, 0.4) is 0 Å². The van der Waals surface area contributed by atoms with Gasteiger partial charge in [-0.15, -0.1) is 0 Å². The zero-order chi connectivity index (χ0) is 29.1. The number of halogens is 2. The Morgan fingerprint density at radius 3 is 2.20 bits per heavy atom. The van der Waals surface area contributed by atoms with Gasteiger partial charge in [-0.2, -0.15) is 0 Å². The Hall–Kier alpha value is -3.92. The van der Waals surface area contributed by atoms with Gasteiger partial charge in [-0.05, 0) is 61.6 Å². The molecule has 0 aliphatic rings. The van der Waals surface area contributed by atoms with Crippen LogP contribution in [0.4, 0.5) is 0 Å². The predicted molar refractivity (Wildman–Crippen MR) is 156 cm³/mol. The lowest BCUT2D eigenvalue weighted by molar-refractivity contribution is -0.142. The molecule has 40 heavy (non-hydrogen) atoms. The van der Waals surface area contributed by atoms with E-state index in [4.69, 9.17) is 27.9 Å². The molecule has 1 N–H and O–H groups in total. The highest BCUT2D eigenvalue weighted by Crippen LogP contribution is 2.24. The normalized spacial score (nSPS) is 12.0. The fourth-order valence-electron chi connectivity index (χ4n) is 4.48. The zero-order valence-corrected chi connectivity index (χ0v) is 23.9. The monoisotopic (exact) mass is 582 g/mol. The molecule has 0 spiro atoms. The molecule has 0 fully saturated rings. The molecule has 1 aromatic heterocycles. The third kappa shape index (κ3) is 5.96. The van der Waals surface area contributed by atoms with Crippen molar-refractivity contribution in [3.05, 3.63) is 108 Å². The maximum absolute atomic E-state index is 13.3. The van der Waals surface area contributed by atoms with Crippen molar-refractivity contribution in [1.82, 2.24) is 19.4 Å². The molecule has 0 saturated heterocycles. The van der Waals surface area contributed by atoms with Gasteiger partial charge < -0.3 is 15.0 Å². The van der Waals surface area contributed by atoms with Gasteiger partial charge in [0.25, 0.3) is 11.5 Å². The summed E-state index contributed by atoms with van der Waals surface area (Å²) in [5.74, 6) is -1.28. The number of hydrogen-bond acceptors (Lipinski definition) is 6. The summed E-state index contributed by atoms with van der Waals surface area (Å²) in [6.45, 7) is 0.674. The van der Waals surface area contributed by atoms with Gasteiger partial charge in [0.15, 0.2) is 0 Å². The second-order valence-electron chi connectivity index (χ2n) is 9.59. The van der Waals surface area contributed by atoms with Crippen LogP contribution in [-0.4, -0.2) is 53.2 Å². The van der Waals surface area contributed by atoms with Crippen LogP contribution in [0.5, 0.6) is 0 Å². The summed E-state index contributed by atoms with van der Waals surface area (Å²) >= 11 is 12.3. The lowest BCUT2D eigenvalue weighted by Crippen LogP contribution is -2.43. The van der Waals surface area contributed by atoms with E-state index in [-0.39, 0.29) is 22.0 Å². The van der Waals surface area contributed by atoms with Crippen molar-refractivity contribution in [2.45, 2.75) is 19.0 Å². The summed E-state index contributed by atoms with van der Waals surface area (Å²) in [6.07, 6.45) is 0.0834. The number of aromatic nitrogens is 2. The number of esters is 1. The molecule has 1 heterocycles. The van der Waals surface area contributed by atoms with Crippen molar-refractivity contribution >= 4 is 46.0 Å². The minimum absolute atomic E-state index is 0.0513. The third-order valence-electron chi connectivity index (χ3n) is 6.45. The molecule has 9 nitrogen and oxygen atoms in total. The van der Waals surface area contributed by atoms with E-state index in [1.807, 2.05) is 31.1 Å². The van der Waals surface area contributed by atoms with E-state index in [1.54, 1.807) is 43.4 Å². The first-order valence-corrected chi connectivity index (χ1v) is 13.1. The highest BCUT2D eigenvalue weighted by Gasteiger charge is 2.25. The highest BCUT2D eigenvalue weighted by molar-refractivity contribution is 6.39. The quantitative estimate of drug-likeness (QED) is 0.319. The summed E-state index contributed by atoms with van der Waals surface area (Å²) < 4.78 is 7.44. The summed E-state index contributed by atoms with van der Waals surface area (Å²) in [5.41, 5.74) is 1.70. The number of carbonyl (C=O) groups excluding carboxylic acids is 2. The Bertz CT molecular complexity index is 1690. The smallest absolute Gasteiger partial charge is 0.335 e. The van der Waals surface area contributed by atoms with Gasteiger partial charge in [0.2, 0.25) is 0 Å². The van der Waals surface area contributed by atoms with Crippen LogP contribution in [0.2, 0.25) is 10.0 Å². The van der Waals surface area contributed by atoms with Gasteiger partial charge in [0.1, 0.15) is 6.04 Å². The fourth-order valence-corrected chi connectivity index (χ4v) is 5.05. The van der Waals surface area contributed by atoms with Gasteiger partial charge in [0, 0.05) is 20.0 Å². The molecule has 3 aromatic carbocycles. The molecular weight excluding hydrogens is 555 g/mol. The van der Waals surface area contributed by atoms with Crippen molar-refractivity contribution in [2.75, 3.05) is 21.2 Å². The van der Waals surface area contributed by atoms with Crippen LogP contribution in [0.1, 0.15) is 21.5 Å². The number of nitrogens with zero attached hydrogens (tertiary/aromatic N) is 3. The number of amides is 1. The summed E-state index contributed by atoms with van der Waals surface area (Å²) in [4.78, 5) is 53.9. The van der Waals surface area contributed by atoms with E-state index in [1.165, 1.54) is 23.8 Å². The first-order valence-electron chi connectivity index (χ1n) is 12.3. The van der Waals surface area contributed by atoms with E-state index in [2.05, 4.69) is 5.32 Å². The van der Waals surface area contributed by atoms with E-state index in [0.29, 0.717) is 28.7 Å². The van der Waals surface area contributed by atoms with Crippen molar-refractivity contribution < 1.29 is 14.3 Å². The van der Waals surface area contributed by atoms with Crippen molar-refractivity contribution in [3.63, 3.8) is 0 Å². The number of rotatable bonds is 8. The fraction of sp³-hybridized carbons (Fsp3) is 0.241. The van der Waals surface area contributed by atoms with Gasteiger partial charge >= 0.3 is 11.7 Å². The topological polar surface area (TPSA) is 103 Å². The molecule has 4 rings (SSSR count). The maximum Gasteiger partial charge on any atom is 0.335 e. The van der Waals surface area contributed by atoms with Crippen LogP contribution in [0, 0.1) is 0 Å². The van der Waals surface area contributed by atoms with Crippen molar-refractivity contribution in [1.29, 1.82) is 0 Å². The molecule has 0 bridgehead atoms. The Labute approximate surface area is 240 Å². The molecule has 0 aliphatic heterocycles. The molecule has 0 radical (unpaired) electrons. The van der Waals surface area contributed by atoms with Gasteiger partial charge in [-0.3, -0.25) is 14.2 Å². The standard InChI is InChI=1S/C29H28Cl2N4O5/c1-33(2)16-18-10-13-20-24(15-18)34(3)29(39)35(27(20)37)19-11-8-17(9-12-19)14-23(28(38)40-4)32-26(36)25-21(30)6-5-7-22(25)31/h5-13,15,23H,14,16H2,1-4H3,(H,32,36)/t23-/m0/s1. The maximum atomic E-state index is 13.3. The zero-order valence-electron chi connectivity index (χ0n) is 22.4. The Morgan fingerprint density at radius 2 is 1.60 bits per heavy atom. The lowest BCUT2D eigenvalue weighted by atomic mass is 10.0. The summed E-state index contributed by atoms with van der Waals surface area (Å²) in [6, 6.07) is 15.7. The average Bonchev–Trinajstić information content (AvgIpc) is 2.91. The number of methoxy groups -OCH3 is 1.